The number of hydrogen-bond donors (Lipinski definition) is 1. The molecule has 2 aromatic rings. The van der Waals surface area contributed by atoms with Gasteiger partial charge in [-0.25, -0.2) is 14.6 Å². The van der Waals surface area contributed by atoms with E-state index in [-0.39, 0.29) is 42.2 Å². The number of ether oxygens (including phenoxy) is 2. The summed E-state index contributed by atoms with van der Waals surface area (Å²) >= 11 is 0. The van der Waals surface area contributed by atoms with Gasteiger partial charge in [-0.3, -0.25) is 9.59 Å². The molecule has 3 rings (SSSR count). The van der Waals surface area contributed by atoms with Gasteiger partial charge >= 0.3 is 11.9 Å². The highest BCUT2D eigenvalue weighted by molar-refractivity contribution is 6.38. The number of para-hydroxylation sites is 1. The van der Waals surface area contributed by atoms with Crippen molar-refractivity contribution < 1.29 is 28.7 Å². The van der Waals surface area contributed by atoms with E-state index in [1.54, 1.807) is 51.1 Å². The van der Waals surface area contributed by atoms with Crippen LogP contribution in [0.15, 0.2) is 35.4 Å². The van der Waals surface area contributed by atoms with Crippen molar-refractivity contribution in [3.63, 3.8) is 0 Å². The van der Waals surface area contributed by atoms with E-state index in [2.05, 4.69) is 10.1 Å². The molecule has 9 nitrogen and oxygen atoms in total. The van der Waals surface area contributed by atoms with Crippen molar-refractivity contribution in [3.8, 4) is 0 Å². The Hall–Kier alpha value is -3.75. The number of rotatable bonds is 7. The summed E-state index contributed by atoms with van der Waals surface area (Å²) in [6.45, 7) is 4.58. The van der Waals surface area contributed by atoms with Gasteiger partial charge in [-0.2, -0.15) is 5.10 Å². The lowest BCUT2D eigenvalue weighted by Crippen LogP contribution is -2.35. The van der Waals surface area contributed by atoms with Crippen LogP contribution in [-0.2, 0) is 19.1 Å². The van der Waals surface area contributed by atoms with Crippen LogP contribution in [0.5, 0.6) is 0 Å². The summed E-state index contributed by atoms with van der Waals surface area (Å²) < 4.78 is 10.2. The smallest absolute Gasteiger partial charge is 0.354 e. The average Bonchev–Trinajstić information content (AvgIpc) is 3.06. The number of nitrogens with zero attached hydrogens (tertiary/aromatic N) is 2. The Morgan fingerprint density at radius 3 is 2.35 bits per heavy atom. The number of carbonyl (C=O) groups is 4. The van der Waals surface area contributed by atoms with Crippen LogP contribution in [0.3, 0.4) is 0 Å². The number of benzene rings is 1. The molecular weight excluding hydrogens is 402 g/mol. The largest absolute Gasteiger partial charge is 0.462 e. The van der Waals surface area contributed by atoms with Crippen molar-refractivity contribution in [2.75, 3.05) is 18.2 Å². The number of hydrazone groups is 1. The van der Waals surface area contributed by atoms with Gasteiger partial charge in [0.05, 0.1) is 23.4 Å². The molecule has 1 aliphatic heterocycles. The first-order valence-corrected chi connectivity index (χ1v) is 9.85. The Balaban J connectivity index is 1.73. The standard InChI is InChI=1S/C22H23N3O6/c1-4-30-22(29)20-14(3)23-13(2)19(20)17(26)12-31-21(28)16-10-11-18(27)25(24-16)15-8-6-5-7-9-15/h5-9,23H,4,10-12H2,1-3H3. The number of aryl methyl sites for hydroxylation is 2. The maximum Gasteiger partial charge on any atom is 0.354 e. The van der Waals surface area contributed by atoms with Gasteiger partial charge in [0, 0.05) is 24.2 Å². The molecule has 0 spiro atoms. The average molecular weight is 425 g/mol. The predicted octanol–water partition coefficient (Wildman–Crippen LogP) is 2.72. The van der Waals surface area contributed by atoms with Crippen molar-refractivity contribution in [2.24, 2.45) is 5.10 Å². The number of Topliss-reactive ketones (excluding diaryl/α,β-unsaturated/α-hetero) is 1. The molecule has 0 fully saturated rings. The fourth-order valence-corrected chi connectivity index (χ4v) is 3.35. The van der Waals surface area contributed by atoms with Crippen molar-refractivity contribution in [1.82, 2.24) is 4.98 Å². The van der Waals surface area contributed by atoms with E-state index < -0.39 is 24.3 Å². The summed E-state index contributed by atoms with van der Waals surface area (Å²) in [5, 5.41) is 5.26. The number of ketones is 1. The minimum atomic E-state index is -0.788. The molecule has 1 aliphatic rings. The van der Waals surface area contributed by atoms with Gasteiger partial charge in [-0.15, -0.1) is 0 Å². The van der Waals surface area contributed by atoms with E-state index in [4.69, 9.17) is 9.47 Å². The zero-order valence-electron chi connectivity index (χ0n) is 17.6. The number of aromatic nitrogens is 1. The highest BCUT2D eigenvalue weighted by Crippen LogP contribution is 2.22. The number of anilines is 1. The third-order valence-electron chi connectivity index (χ3n) is 4.74. The molecule has 0 radical (unpaired) electrons. The molecule has 1 aromatic heterocycles. The van der Waals surface area contributed by atoms with E-state index in [1.807, 2.05) is 0 Å². The van der Waals surface area contributed by atoms with Crippen LogP contribution in [0.2, 0.25) is 0 Å². The molecular formula is C22H23N3O6. The number of esters is 2. The first kappa shape index (κ1) is 21.9. The molecule has 0 bridgehead atoms. The second kappa shape index (κ2) is 9.38. The normalized spacial score (nSPS) is 13.6. The first-order chi connectivity index (χ1) is 14.8. The topological polar surface area (TPSA) is 118 Å². The molecule has 1 aromatic carbocycles. The van der Waals surface area contributed by atoms with Gasteiger partial charge in [0.15, 0.2) is 6.61 Å². The molecule has 0 saturated carbocycles. The van der Waals surface area contributed by atoms with Crippen LogP contribution in [0.1, 0.15) is 51.9 Å². The summed E-state index contributed by atoms with van der Waals surface area (Å²) in [5.41, 5.74) is 1.83. The number of hydrogen-bond acceptors (Lipinski definition) is 7. The third kappa shape index (κ3) is 4.71. The molecule has 0 unspecified atom stereocenters. The molecule has 1 N–H and O–H groups in total. The van der Waals surface area contributed by atoms with Crippen molar-refractivity contribution in [1.29, 1.82) is 0 Å². The van der Waals surface area contributed by atoms with Crippen LogP contribution >= 0.6 is 0 Å². The summed E-state index contributed by atoms with van der Waals surface area (Å²) in [6, 6.07) is 8.72. The number of H-pyrrole nitrogens is 1. The second-order valence-electron chi connectivity index (χ2n) is 6.93. The number of aromatic amines is 1. The Morgan fingerprint density at radius 1 is 1.00 bits per heavy atom. The van der Waals surface area contributed by atoms with E-state index in [9.17, 15) is 19.2 Å². The van der Waals surface area contributed by atoms with Gasteiger partial charge in [-0.1, -0.05) is 18.2 Å². The quantitative estimate of drug-likeness (QED) is 0.538. The highest BCUT2D eigenvalue weighted by Gasteiger charge is 2.29. The fraction of sp³-hybridized carbons (Fsp3) is 0.318. The minimum absolute atomic E-state index is 0.0452. The van der Waals surface area contributed by atoms with Crippen molar-refractivity contribution in [2.45, 2.75) is 33.6 Å². The van der Waals surface area contributed by atoms with E-state index in [0.29, 0.717) is 17.1 Å². The zero-order chi connectivity index (χ0) is 22.5. The van der Waals surface area contributed by atoms with Crippen LogP contribution in [-0.4, -0.2) is 47.5 Å². The summed E-state index contributed by atoms with van der Waals surface area (Å²) in [4.78, 5) is 52.6. The summed E-state index contributed by atoms with van der Waals surface area (Å²) in [7, 11) is 0. The SMILES string of the molecule is CCOC(=O)c1c(C)[nH]c(C)c1C(=O)COC(=O)C1=NN(c2ccccc2)C(=O)CC1. The molecule has 0 aliphatic carbocycles. The van der Waals surface area contributed by atoms with Gasteiger partial charge in [0.25, 0.3) is 0 Å². The van der Waals surface area contributed by atoms with Crippen LogP contribution in [0.25, 0.3) is 0 Å². The van der Waals surface area contributed by atoms with E-state index >= 15 is 0 Å². The maximum absolute atomic E-state index is 12.7. The Bertz CT molecular complexity index is 1050. The second-order valence-corrected chi connectivity index (χ2v) is 6.93. The van der Waals surface area contributed by atoms with Gasteiger partial charge in [0.2, 0.25) is 11.7 Å². The van der Waals surface area contributed by atoms with Crippen molar-refractivity contribution in [3.05, 3.63) is 52.8 Å². The molecule has 1 amide bonds. The van der Waals surface area contributed by atoms with E-state index in [1.165, 1.54) is 0 Å². The molecule has 0 atom stereocenters. The lowest BCUT2D eigenvalue weighted by atomic mass is 10.1. The minimum Gasteiger partial charge on any atom is -0.462 e. The number of nitrogens with one attached hydrogen (secondary N) is 1. The lowest BCUT2D eigenvalue weighted by Gasteiger charge is -2.22. The Morgan fingerprint density at radius 2 is 1.68 bits per heavy atom. The molecule has 0 saturated heterocycles. The Labute approximate surface area is 179 Å². The van der Waals surface area contributed by atoms with Gasteiger partial charge in [0.1, 0.15) is 5.71 Å². The van der Waals surface area contributed by atoms with Crippen LogP contribution < -0.4 is 5.01 Å². The lowest BCUT2D eigenvalue weighted by molar-refractivity contribution is -0.134. The molecule has 9 heteroatoms. The first-order valence-electron chi connectivity index (χ1n) is 9.85. The summed E-state index contributed by atoms with van der Waals surface area (Å²) in [6.07, 6.45) is 0.214. The third-order valence-corrected chi connectivity index (χ3v) is 4.74. The summed E-state index contributed by atoms with van der Waals surface area (Å²) in [5.74, 6) is -2.18. The predicted molar refractivity (Wildman–Crippen MR) is 112 cm³/mol. The Kier molecular flexibility index (Phi) is 6.64. The van der Waals surface area contributed by atoms with Crippen molar-refractivity contribution >= 4 is 35.0 Å². The maximum atomic E-state index is 12.7. The number of carbonyl (C=O) groups excluding carboxylic acids is 4. The molecule has 162 valence electrons. The molecule has 31 heavy (non-hydrogen) atoms. The van der Waals surface area contributed by atoms with Gasteiger partial charge in [-0.05, 0) is 32.9 Å². The number of amides is 1. The van der Waals surface area contributed by atoms with Crippen LogP contribution in [0, 0.1) is 13.8 Å². The molecule has 2 heterocycles. The highest BCUT2D eigenvalue weighted by atomic mass is 16.5. The van der Waals surface area contributed by atoms with Crippen LogP contribution in [0.4, 0.5) is 5.69 Å². The van der Waals surface area contributed by atoms with Gasteiger partial charge < -0.3 is 14.5 Å². The fourth-order valence-electron chi connectivity index (χ4n) is 3.35. The zero-order valence-corrected chi connectivity index (χ0v) is 17.6. The monoisotopic (exact) mass is 425 g/mol. The van der Waals surface area contributed by atoms with E-state index in [0.717, 1.165) is 5.01 Å².